The zero-order valence-corrected chi connectivity index (χ0v) is 11.0. The molecule has 18 heavy (non-hydrogen) atoms. The molecule has 4 heteroatoms. The summed E-state index contributed by atoms with van der Waals surface area (Å²) in [4.78, 5) is 18.4. The lowest BCUT2D eigenvalue weighted by molar-refractivity contribution is 0.0718. The van der Waals surface area contributed by atoms with Gasteiger partial charge >= 0.3 is 0 Å². The first-order chi connectivity index (χ1) is 8.81. The Morgan fingerprint density at radius 3 is 2.89 bits per heavy atom. The van der Waals surface area contributed by atoms with Gasteiger partial charge in [0.25, 0.3) is 5.91 Å². The Balaban J connectivity index is 2.04. The molecule has 0 unspecified atom stereocenters. The summed E-state index contributed by atoms with van der Waals surface area (Å²) in [5.41, 5.74) is 1.53. The molecule has 1 aliphatic rings. The first-order valence-corrected chi connectivity index (χ1v) is 6.80. The zero-order chi connectivity index (χ0) is 12.8. The summed E-state index contributed by atoms with van der Waals surface area (Å²) in [6.07, 6.45) is 6.22. The van der Waals surface area contributed by atoms with E-state index in [1.165, 1.54) is 6.42 Å². The molecule has 98 valence electrons. The number of nitrogens with one attached hydrogen (secondary N) is 1. The Hall–Kier alpha value is -1.58. The fourth-order valence-corrected chi connectivity index (χ4v) is 2.19. The summed E-state index contributed by atoms with van der Waals surface area (Å²) < 4.78 is 0. The minimum absolute atomic E-state index is 0.0647. The highest BCUT2D eigenvalue weighted by Crippen LogP contribution is 2.14. The normalized spacial score (nSPS) is 15.5. The maximum atomic E-state index is 12.3. The molecule has 1 amide bonds. The molecule has 1 aromatic heterocycles. The third kappa shape index (κ3) is 3.22. The minimum atomic E-state index is 0.0647. The second-order valence-corrected chi connectivity index (χ2v) is 4.71. The van der Waals surface area contributed by atoms with Gasteiger partial charge in [0.2, 0.25) is 0 Å². The maximum Gasteiger partial charge on any atom is 0.272 e. The van der Waals surface area contributed by atoms with Crippen LogP contribution < -0.4 is 5.32 Å². The van der Waals surface area contributed by atoms with Crippen molar-refractivity contribution in [1.82, 2.24) is 9.88 Å². The molecule has 0 radical (unpaired) electrons. The lowest BCUT2D eigenvalue weighted by Gasteiger charge is -2.26. The van der Waals surface area contributed by atoms with Gasteiger partial charge in [0.1, 0.15) is 5.69 Å². The molecule has 0 saturated carbocycles. The molecule has 0 bridgehead atoms. The number of aromatic nitrogens is 1. The van der Waals surface area contributed by atoms with E-state index >= 15 is 0 Å². The summed E-state index contributed by atoms with van der Waals surface area (Å²) in [6, 6.07) is 3.76. The number of piperidine rings is 1. The molecule has 1 saturated heterocycles. The van der Waals surface area contributed by atoms with Crippen molar-refractivity contribution in [3.8, 4) is 0 Å². The Bertz CT molecular complexity index is 400. The largest absolute Gasteiger partial charge is 0.385 e. The molecule has 2 heterocycles. The van der Waals surface area contributed by atoms with Crippen molar-refractivity contribution < 1.29 is 4.79 Å². The van der Waals surface area contributed by atoms with Gasteiger partial charge < -0.3 is 10.2 Å². The molecule has 1 N–H and O–H groups in total. The molecule has 0 aliphatic carbocycles. The van der Waals surface area contributed by atoms with Crippen LogP contribution in [0.5, 0.6) is 0 Å². The molecule has 4 nitrogen and oxygen atoms in total. The van der Waals surface area contributed by atoms with Crippen LogP contribution in [-0.2, 0) is 0 Å². The lowest BCUT2D eigenvalue weighted by Crippen LogP contribution is -2.36. The summed E-state index contributed by atoms with van der Waals surface area (Å²) in [5, 5.41) is 3.28. The second-order valence-electron chi connectivity index (χ2n) is 4.71. The highest BCUT2D eigenvalue weighted by Gasteiger charge is 2.19. The van der Waals surface area contributed by atoms with Crippen molar-refractivity contribution in [1.29, 1.82) is 0 Å². The number of rotatable bonds is 4. The third-order valence-electron chi connectivity index (χ3n) is 3.20. The average Bonchev–Trinajstić information content (AvgIpc) is 2.45. The summed E-state index contributed by atoms with van der Waals surface area (Å²) >= 11 is 0. The van der Waals surface area contributed by atoms with E-state index < -0.39 is 0 Å². The molecule has 1 aliphatic heterocycles. The van der Waals surface area contributed by atoms with Crippen LogP contribution in [0.2, 0.25) is 0 Å². The Kier molecular flexibility index (Phi) is 4.56. The highest BCUT2D eigenvalue weighted by molar-refractivity contribution is 5.93. The van der Waals surface area contributed by atoms with Crippen molar-refractivity contribution in [2.75, 3.05) is 25.0 Å². The van der Waals surface area contributed by atoms with Crippen LogP contribution in [0.1, 0.15) is 43.1 Å². The van der Waals surface area contributed by atoms with Gasteiger partial charge in [-0.05, 0) is 37.8 Å². The van der Waals surface area contributed by atoms with Crippen LogP contribution in [0, 0.1) is 0 Å². The number of likely N-dealkylation sites (tertiary alicyclic amines) is 1. The average molecular weight is 247 g/mol. The van der Waals surface area contributed by atoms with E-state index in [0.717, 1.165) is 44.6 Å². The number of amides is 1. The molecule has 0 atom stereocenters. The van der Waals surface area contributed by atoms with Gasteiger partial charge in [-0.25, -0.2) is 0 Å². The molecule has 2 rings (SSSR count). The molecule has 1 fully saturated rings. The fraction of sp³-hybridized carbons (Fsp3) is 0.571. The van der Waals surface area contributed by atoms with Gasteiger partial charge in [-0.2, -0.15) is 0 Å². The van der Waals surface area contributed by atoms with Crippen LogP contribution in [0.3, 0.4) is 0 Å². The molecule has 0 aromatic carbocycles. The number of anilines is 1. The predicted octanol–water partition coefficient (Wildman–Crippen LogP) is 2.53. The van der Waals surface area contributed by atoms with Gasteiger partial charge in [0, 0.05) is 31.5 Å². The Morgan fingerprint density at radius 2 is 2.17 bits per heavy atom. The summed E-state index contributed by atoms with van der Waals surface area (Å²) in [6.45, 7) is 4.77. The van der Waals surface area contributed by atoms with E-state index in [0.29, 0.717) is 5.69 Å². The van der Waals surface area contributed by atoms with Gasteiger partial charge in [-0.1, -0.05) is 6.92 Å². The minimum Gasteiger partial charge on any atom is -0.385 e. The van der Waals surface area contributed by atoms with Crippen LogP contribution in [-0.4, -0.2) is 35.4 Å². The highest BCUT2D eigenvalue weighted by atomic mass is 16.2. The van der Waals surface area contributed by atoms with E-state index in [9.17, 15) is 4.79 Å². The van der Waals surface area contributed by atoms with E-state index in [4.69, 9.17) is 0 Å². The maximum absolute atomic E-state index is 12.3. The van der Waals surface area contributed by atoms with Crippen LogP contribution in [0.4, 0.5) is 5.69 Å². The van der Waals surface area contributed by atoms with Crippen molar-refractivity contribution in [2.24, 2.45) is 0 Å². The number of carbonyl (C=O) groups excluding carboxylic acids is 1. The first kappa shape index (κ1) is 12.9. The monoisotopic (exact) mass is 247 g/mol. The molecule has 0 spiro atoms. The van der Waals surface area contributed by atoms with Gasteiger partial charge in [0.15, 0.2) is 0 Å². The number of hydrogen-bond donors (Lipinski definition) is 1. The van der Waals surface area contributed by atoms with Crippen LogP contribution in [0.25, 0.3) is 0 Å². The van der Waals surface area contributed by atoms with E-state index in [1.807, 2.05) is 17.0 Å². The number of pyridine rings is 1. The molecular weight excluding hydrogens is 226 g/mol. The van der Waals surface area contributed by atoms with E-state index in [-0.39, 0.29) is 5.91 Å². The third-order valence-corrected chi connectivity index (χ3v) is 3.20. The summed E-state index contributed by atoms with van der Waals surface area (Å²) in [7, 11) is 0. The van der Waals surface area contributed by atoms with E-state index in [1.54, 1.807) is 6.20 Å². The molecule has 1 aromatic rings. The Morgan fingerprint density at radius 1 is 1.39 bits per heavy atom. The van der Waals surface area contributed by atoms with Gasteiger partial charge in [0.05, 0.1) is 0 Å². The standard InChI is InChI=1S/C14H21N3O/c1-2-7-15-12-6-8-16-13(11-12)14(18)17-9-4-3-5-10-17/h6,8,11H,2-5,7,9-10H2,1H3,(H,15,16). The predicted molar refractivity (Wildman–Crippen MR) is 72.8 cm³/mol. The van der Waals surface area contributed by atoms with Crippen molar-refractivity contribution in [3.05, 3.63) is 24.0 Å². The number of hydrogen-bond acceptors (Lipinski definition) is 3. The second kappa shape index (κ2) is 6.38. The number of carbonyl (C=O) groups is 1. The number of nitrogens with zero attached hydrogens (tertiary/aromatic N) is 2. The first-order valence-electron chi connectivity index (χ1n) is 6.80. The quantitative estimate of drug-likeness (QED) is 0.889. The van der Waals surface area contributed by atoms with Crippen molar-refractivity contribution >= 4 is 11.6 Å². The van der Waals surface area contributed by atoms with Gasteiger partial charge in [-0.3, -0.25) is 9.78 Å². The molecular formula is C14H21N3O. The van der Waals surface area contributed by atoms with Crippen molar-refractivity contribution in [2.45, 2.75) is 32.6 Å². The SMILES string of the molecule is CCCNc1ccnc(C(=O)N2CCCCC2)c1. The van der Waals surface area contributed by atoms with Crippen molar-refractivity contribution in [3.63, 3.8) is 0 Å². The fourth-order valence-electron chi connectivity index (χ4n) is 2.19. The topological polar surface area (TPSA) is 45.2 Å². The Labute approximate surface area is 108 Å². The zero-order valence-electron chi connectivity index (χ0n) is 11.0. The summed E-state index contributed by atoms with van der Waals surface area (Å²) in [5.74, 6) is 0.0647. The van der Waals surface area contributed by atoms with E-state index in [2.05, 4.69) is 17.2 Å². The lowest BCUT2D eigenvalue weighted by atomic mass is 10.1. The smallest absolute Gasteiger partial charge is 0.272 e. The van der Waals surface area contributed by atoms with Crippen LogP contribution >= 0.6 is 0 Å². The van der Waals surface area contributed by atoms with Crippen LogP contribution in [0.15, 0.2) is 18.3 Å². The van der Waals surface area contributed by atoms with Gasteiger partial charge in [-0.15, -0.1) is 0 Å².